The minimum absolute atomic E-state index is 0.145. The predicted octanol–water partition coefficient (Wildman–Crippen LogP) is -2.95. The molecule has 0 aromatic carbocycles. The summed E-state index contributed by atoms with van der Waals surface area (Å²) in [5.41, 5.74) is 35.3. The number of nitrogens with one attached hydrogen (secondary N) is 3. The van der Waals surface area contributed by atoms with E-state index in [1.54, 1.807) is 0 Å². The van der Waals surface area contributed by atoms with Gasteiger partial charge in [-0.3, -0.25) is 14.7 Å². The Hall–Kier alpha value is -0.520. The smallest absolute Gasteiger partial charge is 0.0110 e. The van der Waals surface area contributed by atoms with Gasteiger partial charge in [0, 0.05) is 142 Å². The number of nitrogens with two attached hydrogens (primary N) is 6. The van der Waals surface area contributed by atoms with Crippen LogP contribution in [0.5, 0.6) is 0 Å². The van der Waals surface area contributed by atoms with E-state index in [0.29, 0.717) is 26.2 Å². The summed E-state index contributed by atoms with van der Waals surface area (Å²) in [5, 5.41) is 10.7. The second-order valence-corrected chi connectivity index (χ2v) is 13.2. The van der Waals surface area contributed by atoms with Gasteiger partial charge in [-0.1, -0.05) is 0 Å². The molecule has 0 atom stereocenters. The van der Waals surface area contributed by atoms with Gasteiger partial charge in [0.15, 0.2) is 0 Å². The molecule has 15 N–H and O–H groups in total. The van der Waals surface area contributed by atoms with E-state index in [-0.39, 0.29) is 11.1 Å². The van der Waals surface area contributed by atoms with Gasteiger partial charge < -0.3 is 55.3 Å². The lowest BCUT2D eigenvalue weighted by Gasteiger charge is -2.30. The Bertz CT molecular complexity index is 592. The SMILES string of the molecule is CC(C)(N)CCNCCN(CCN(CCN)CCN)CCN(CCNCCN)CCNCCN(CCN)CCC(C)(C)N. The molecule has 0 saturated carbocycles. The van der Waals surface area contributed by atoms with Crippen molar-refractivity contribution in [2.45, 2.75) is 51.6 Å². The van der Waals surface area contributed by atoms with Crippen LogP contribution >= 0.6 is 0 Å². The highest BCUT2D eigenvalue weighted by Gasteiger charge is 2.15. The Balaban J connectivity index is 4.95. The molecule has 0 amide bonds. The standard InChI is InChI=1S/C30H75N13/c1-29(2,35)5-11-37-13-24-43(27-25-41(19-9-33)20-10-34)28-26-42(22-14-38-12-7-31)23-16-39-15-21-40(18-8-32)17-6-30(3,4)36/h37-39H,5-28,31-36H2,1-4H3. The fourth-order valence-corrected chi connectivity index (χ4v) is 4.74. The minimum atomic E-state index is -0.156. The maximum atomic E-state index is 6.20. The number of nitrogens with zero attached hydrogens (tertiary/aromatic N) is 4. The maximum Gasteiger partial charge on any atom is 0.0110 e. The maximum absolute atomic E-state index is 6.20. The summed E-state index contributed by atoms with van der Waals surface area (Å²) in [6, 6.07) is 0. The highest BCUT2D eigenvalue weighted by atomic mass is 15.2. The average molecular weight is 618 g/mol. The molecule has 0 aliphatic rings. The average Bonchev–Trinajstić information content (AvgIpc) is 2.93. The van der Waals surface area contributed by atoms with Crippen molar-refractivity contribution in [3.8, 4) is 0 Å². The van der Waals surface area contributed by atoms with Crippen LogP contribution in [0, 0.1) is 0 Å². The number of hydrogen-bond donors (Lipinski definition) is 9. The summed E-state index contributed by atoms with van der Waals surface area (Å²) < 4.78 is 0. The topological polar surface area (TPSA) is 205 Å². The van der Waals surface area contributed by atoms with E-state index >= 15 is 0 Å². The van der Waals surface area contributed by atoms with Crippen LogP contribution in [0.1, 0.15) is 40.5 Å². The lowest BCUT2D eigenvalue weighted by molar-refractivity contribution is 0.177. The minimum Gasteiger partial charge on any atom is -0.329 e. The van der Waals surface area contributed by atoms with E-state index in [2.05, 4.69) is 63.2 Å². The number of rotatable bonds is 32. The molecule has 0 aliphatic carbocycles. The molecule has 0 aliphatic heterocycles. The molecule has 0 aromatic heterocycles. The van der Waals surface area contributed by atoms with Gasteiger partial charge in [0.25, 0.3) is 0 Å². The molecule has 0 radical (unpaired) electrons. The van der Waals surface area contributed by atoms with E-state index in [9.17, 15) is 0 Å². The van der Waals surface area contributed by atoms with Crippen molar-refractivity contribution in [2.75, 3.05) is 144 Å². The predicted molar refractivity (Wildman–Crippen MR) is 186 cm³/mol. The van der Waals surface area contributed by atoms with Crippen LogP contribution in [0.4, 0.5) is 0 Å². The molecular formula is C30H75N13. The Labute approximate surface area is 265 Å². The zero-order valence-electron chi connectivity index (χ0n) is 28.7. The highest BCUT2D eigenvalue weighted by Crippen LogP contribution is 2.05. The summed E-state index contributed by atoms with van der Waals surface area (Å²) in [4.78, 5) is 9.91. The summed E-state index contributed by atoms with van der Waals surface area (Å²) in [7, 11) is 0. The first-order valence-corrected chi connectivity index (χ1v) is 16.8. The second-order valence-electron chi connectivity index (χ2n) is 13.2. The largest absolute Gasteiger partial charge is 0.329 e. The van der Waals surface area contributed by atoms with E-state index in [1.165, 1.54) is 0 Å². The lowest BCUT2D eigenvalue weighted by atomic mass is 10.0. The van der Waals surface area contributed by atoms with E-state index in [1.807, 2.05) is 0 Å². The zero-order chi connectivity index (χ0) is 32.4. The van der Waals surface area contributed by atoms with Crippen molar-refractivity contribution < 1.29 is 0 Å². The van der Waals surface area contributed by atoms with Crippen molar-refractivity contribution in [2.24, 2.45) is 34.4 Å². The Morgan fingerprint density at radius 1 is 0.372 bits per heavy atom. The Morgan fingerprint density at radius 3 is 1.07 bits per heavy atom. The molecule has 13 heteroatoms. The summed E-state index contributed by atoms with van der Waals surface area (Å²) in [6.45, 7) is 28.1. The quantitative estimate of drug-likeness (QED) is 0.0347. The molecule has 0 heterocycles. The van der Waals surface area contributed by atoms with Crippen molar-refractivity contribution in [3.63, 3.8) is 0 Å². The normalized spacial score (nSPS) is 13.0. The highest BCUT2D eigenvalue weighted by molar-refractivity contribution is 4.76. The summed E-state index contributed by atoms with van der Waals surface area (Å²) in [6.07, 6.45) is 1.92. The van der Waals surface area contributed by atoms with Crippen LogP contribution in [0.3, 0.4) is 0 Å². The Morgan fingerprint density at radius 2 is 0.698 bits per heavy atom. The molecule has 0 aromatic rings. The van der Waals surface area contributed by atoms with Crippen LogP contribution in [-0.4, -0.2) is 175 Å². The van der Waals surface area contributed by atoms with E-state index in [4.69, 9.17) is 34.4 Å². The summed E-state index contributed by atoms with van der Waals surface area (Å²) in [5.74, 6) is 0. The molecule has 43 heavy (non-hydrogen) atoms. The molecule has 13 nitrogen and oxygen atoms in total. The van der Waals surface area contributed by atoms with Gasteiger partial charge >= 0.3 is 0 Å². The van der Waals surface area contributed by atoms with Gasteiger partial charge in [-0.25, -0.2) is 0 Å². The zero-order valence-corrected chi connectivity index (χ0v) is 28.7. The van der Waals surface area contributed by atoms with Crippen LogP contribution in [0.2, 0.25) is 0 Å². The lowest BCUT2D eigenvalue weighted by Crippen LogP contribution is -2.46. The Kier molecular flexibility index (Phi) is 26.4. The fraction of sp³-hybridized carbons (Fsp3) is 1.00. The first kappa shape index (κ1) is 42.5. The van der Waals surface area contributed by atoms with Crippen LogP contribution in [-0.2, 0) is 0 Å². The van der Waals surface area contributed by atoms with Gasteiger partial charge in [0.2, 0.25) is 0 Å². The monoisotopic (exact) mass is 618 g/mol. The molecule has 260 valence electrons. The van der Waals surface area contributed by atoms with Gasteiger partial charge in [0.05, 0.1) is 0 Å². The first-order chi connectivity index (χ1) is 20.4. The van der Waals surface area contributed by atoms with Crippen LogP contribution in [0.25, 0.3) is 0 Å². The molecule has 0 fully saturated rings. The molecule has 0 spiro atoms. The van der Waals surface area contributed by atoms with Crippen LogP contribution < -0.4 is 50.4 Å². The molecule has 0 unspecified atom stereocenters. The second kappa shape index (κ2) is 26.7. The van der Waals surface area contributed by atoms with Crippen molar-refractivity contribution in [3.05, 3.63) is 0 Å². The molecule has 0 saturated heterocycles. The van der Waals surface area contributed by atoms with Gasteiger partial charge in [-0.15, -0.1) is 0 Å². The molecule has 0 rings (SSSR count). The van der Waals surface area contributed by atoms with Crippen LogP contribution in [0.15, 0.2) is 0 Å². The molecular weight excluding hydrogens is 542 g/mol. The summed E-state index contributed by atoms with van der Waals surface area (Å²) >= 11 is 0. The first-order valence-electron chi connectivity index (χ1n) is 16.8. The fourth-order valence-electron chi connectivity index (χ4n) is 4.74. The molecule has 0 bridgehead atoms. The van der Waals surface area contributed by atoms with Gasteiger partial charge in [-0.2, -0.15) is 0 Å². The third-order valence-corrected chi connectivity index (χ3v) is 7.56. The van der Waals surface area contributed by atoms with Gasteiger partial charge in [-0.05, 0) is 53.6 Å². The third kappa shape index (κ3) is 28.7. The van der Waals surface area contributed by atoms with Crippen molar-refractivity contribution in [1.82, 2.24) is 35.6 Å². The van der Waals surface area contributed by atoms with Crippen molar-refractivity contribution in [1.29, 1.82) is 0 Å². The van der Waals surface area contributed by atoms with Crippen molar-refractivity contribution >= 4 is 0 Å². The number of hydrogen-bond acceptors (Lipinski definition) is 13. The van der Waals surface area contributed by atoms with Gasteiger partial charge in [0.1, 0.15) is 0 Å². The third-order valence-electron chi connectivity index (χ3n) is 7.56. The van der Waals surface area contributed by atoms with E-state index in [0.717, 1.165) is 131 Å². The van der Waals surface area contributed by atoms with E-state index < -0.39 is 0 Å².